The highest BCUT2D eigenvalue weighted by Crippen LogP contribution is 2.23. The molecule has 0 atom stereocenters. The summed E-state index contributed by atoms with van der Waals surface area (Å²) >= 11 is 5.95. The predicted molar refractivity (Wildman–Crippen MR) is 87.2 cm³/mol. The van der Waals surface area contributed by atoms with Crippen molar-refractivity contribution in [2.24, 2.45) is 5.41 Å². The molecule has 0 saturated heterocycles. The normalized spacial score (nSPS) is 11.1. The molecule has 0 aliphatic rings. The van der Waals surface area contributed by atoms with Crippen molar-refractivity contribution >= 4 is 29.1 Å². The molecular weight excluding hydrogens is 300 g/mol. The van der Waals surface area contributed by atoms with E-state index >= 15 is 0 Å². The molecule has 0 bridgehead atoms. The Labute approximate surface area is 134 Å². The quantitative estimate of drug-likeness (QED) is 0.872. The van der Waals surface area contributed by atoms with Crippen LogP contribution in [0.5, 0.6) is 0 Å². The number of pyridine rings is 1. The molecule has 4 nitrogen and oxygen atoms in total. The number of aromatic nitrogens is 1. The van der Waals surface area contributed by atoms with Crippen LogP contribution in [0, 0.1) is 5.41 Å². The molecule has 0 unspecified atom stereocenters. The second-order valence-electron chi connectivity index (χ2n) is 5.95. The van der Waals surface area contributed by atoms with Gasteiger partial charge < -0.3 is 5.32 Å². The molecule has 0 aliphatic carbocycles. The van der Waals surface area contributed by atoms with Gasteiger partial charge >= 0.3 is 0 Å². The largest absolute Gasteiger partial charge is 0.310 e. The number of anilines is 1. The molecule has 22 heavy (non-hydrogen) atoms. The van der Waals surface area contributed by atoms with Gasteiger partial charge in [-0.05, 0) is 6.07 Å². The van der Waals surface area contributed by atoms with Gasteiger partial charge in [0, 0.05) is 17.2 Å². The third kappa shape index (κ3) is 3.71. The molecule has 1 amide bonds. The minimum atomic E-state index is -0.589. The fraction of sp³-hybridized carbons (Fsp3) is 0.235. The van der Waals surface area contributed by atoms with Crippen LogP contribution in [0.4, 0.5) is 5.82 Å². The van der Waals surface area contributed by atoms with Gasteiger partial charge in [-0.25, -0.2) is 4.98 Å². The first-order chi connectivity index (χ1) is 10.3. The SMILES string of the molecule is CC(C)(C)C(=O)Nc1ncc(Cl)cc1C(=O)c1ccccc1. The molecule has 1 aromatic heterocycles. The molecule has 1 N–H and O–H groups in total. The Morgan fingerprint density at radius 2 is 1.77 bits per heavy atom. The fourth-order valence-electron chi connectivity index (χ4n) is 1.75. The van der Waals surface area contributed by atoms with Crippen LogP contribution in [-0.4, -0.2) is 16.7 Å². The zero-order valence-electron chi connectivity index (χ0n) is 12.7. The van der Waals surface area contributed by atoms with Crippen LogP contribution in [-0.2, 0) is 4.79 Å². The molecule has 0 fully saturated rings. The third-order valence-corrected chi connectivity index (χ3v) is 3.25. The summed E-state index contributed by atoms with van der Waals surface area (Å²) in [5.41, 5.74) is 0.197. The Hall–Kier alpha value is -2.20. The monoisotopic (exact) mass is 316 g/mol. The molecule has 2 aromatic rings. The van der Waals surface area contributed by atoms with E-state index in [1.54, 1.807) is 45.0 Å². The lowest BCUT2D eigenvalue weighted by molar-refractivity contribution is -0.123. The number of rotatable bonds is 3. The van der Waals surface area contributed by atoms with E-state index in [9.17, 15) is 9.59 Å². The van der Waals surface area contributed by atoms with Gasteiger partial charge in [-0.2, -0.15) is 0 Å². The third-order valence-electron chi connectivity index (χ3n) is 3.05. The number of halogens is 1. The first-order valence-electron chi connectivity index (χ1n) is 6.86. The molecule has 0 spiro atoms. The van der Waals surface area contributed by atoms with Gasteiger partial charge in [-0.15, -0.1) is 0 Å². The summed E-state index contributed by atoms with van der Waals surface area (Å²) in [6.07, 6.45) is 1.40. The van der Waals surface area contributed by atoms with Crippen molar-refractivity contribution in [1.29, 1.82) is 0 Å². The second kappa shape index (κ2) is 6.28. The van der Waals surface area contributed by atoms with E-state index in [4.69, 9.17) is 11.6 Å². The highest BCUT2D eigenvalue weighted by atomic mass is 35.5. The molecular formula is C17H17ClN2O2. The number of ketones is 1. The Morgan fingerprint density at radius 1 is 1.14 bits per heavy atom. The van der Waals surface area contributed by atoms with Crippen LogP contribution in [0.2, 0.25) is 5.02 Å². The van der Waals surface area contributed by atoms with Crippen molar-refractivity contribution in [1.82, 2.24) is 4.98 Å². The molecule has 1 aromatic carbocycles. The minimum absolute atomic E-state index is 0.218. The number of nitrogens with zero attached hydrogens (tertiary/aromatic N) is 1. The van der Waals surface area contributed by atoms with Crippen LogP contribution in [0.25, 0.3) is 0 Å². The van der Waals surface area contributed by atoms with Crippen LogP contribution >= 0.6 is 11.6 Å². The van der Waals surface area contributed by atoms with Crippen molar-refractivity contribution in [2.75, 3.05) is 5.32 Å². The lowest BCUT2D eigenvalue weighted by Gasteiger charge is -2.18. The van der Waals surface area contributed by atoms with E-state index in [0.717, 1.165) is 0 Å². The van der Waals surface area contributed by atoms with Crippen LogP contribution in [0.15, 0.2) is 42.6 Å². The smallest absolute Gasteiger partial charge is 0.230 e. The average molecular weight is 317 g/mol. The van der Waals surface area contributed by atoms with Gasteiger partial charge in [0.05, 0.1) is 10.6 Å². The highest BCUT2D eigenvalue weighted by Gasteiger charge is 2.24. The van der Waals surface area contributed by atoms with Crippen LogP contribution in [0.1, 0.15) is 36.7 Å². The first-order valence-corrected chi connectivity index (χ1v) is 7.23. The summed E-state index contributed by atoms with van der Waals surface area (Å²) in [5.74, 6) is -0.234. The van der Waals surface area contributed by atoms with Gasteiger partial charge in [0.1, 0.15) is 5.82 Å². The van der Waals surface area contributed by atoms with E-state index in [0.29, 0.717) is 10.6 Å². The lowest BCUT2D eigenvalue weighted by Crippen LogP contribution is -2.29. The Kier molecular flexibility index (Phi) is 4.62. The second-order valence-corrected chi connectivity index (χ2v) is 6.39. The summed E-state index contributed by atoms with van der Waals surface area (Å²) in [4.78, 5) is 28.8. The average Bonchev–Trinajstić information content (AvgIpc) is 2.48. The zero-order chi connectivity index (χ0) is 16.3. The van der Waals surface area contributed by atoms with E-state index in [1.807, 2.05) is 6.07 Å². The maximum atomic E-state index is 12.6. The summed E-state index contributed by atoms with van der Waals surface area (Å²) in [7, 11) is 0. The summed E-state index contributed by atoms with van der Waals surface area (Å²) in [5, 5.41) is 3.04. The minimum Gasteiger partial charge on any atom is -0.310 e. The van der Waals surface area contributed by atoms with E-state index < -0.39 is 5.41 Å². The van der Waals surface area contributed by atoms with Gasteiger partial charge in [0.25, 0.3) is 0 Å². The van der Waals surface area contributed by atoms with E-state index in [-0.39, 0.29) is 23.1 Å². The number of carbonyl (C=O) groups is 2. The number of nitrogens with one attached hydrogen (secondary N) is 1. The molecule has 114 valence electrons. The van der Waals surface area contributed by atoms with Crippen molar-refractivity contribution in [2.45, 2.75) is 20.8 Å². The standard InChI is InChI=1S/C17H17ClN2O2/c1-17(2,3)16(22)20-15-13(9-12(18)10-19-15)14(21)11-7-5-4-6-8-11/h4-10H,1-3H3,(H,19,20,22). The number of hydrogen-bond donors (Lipinski definition) is 1. The molecule has 1 heterocycles. The van der Waals surface area contributed by atoms with Gasteiger partial charge in [0.15, 0.2) is 5.78 Å². The van der Waals surface area contributed by atoms with E-state index in [1.165, 1.54) is 12.3 Å². The predicted octanol–water partition coefficient (Wildman–Crippen LogP) is 3.95. The Balaban J connectivity index is 2.41. The van der Waals surface area contributed by atoms with Crippen LogP contribution < -0.4 is 5.32 Å². The number of amides is 1. The summed E-state index contributed by atoms with van der Waals surface area (Å²) < 4.78 is 0. The van der Waals surface area contributed by atoms with Gasteiger partial charge in [0.2, 0.25) is 5.91 Å². The van der Waals surface area contributed by atoms with Gasteiger partial charge in [-0.3, -0.25) is 9.59 Å². The van der Waals surface area contributed by atoms with Crippen molar-refractivity contribution in [3.05, 3.63) is 58.7 Å². The molecule has 2 rings (SSSR count). The maximum absolute atomic E-state index is 12.6. The Morgan fingerprint density at radius 3 is 2.36 bits per heavy atom. The molecule has 5 heteroatoms. The number of carbonyl (C=O) groups excluding carboxylic acids is 2. The van der Waals surface area contributed by atoms with E-state index in [2.05, 4.69) is 10.3 Å². The fourth-order valence-corrected chi connectivity index (χ4v) is 1.91. The van der Waals surface area contributed by atoms with Crippen molar-refractivity contribution in [3.63, 3.8) is 0 Å². The molecule has 0 saturated carbocycles. The number of benzene rings is 1. The molecule has 0 radical (unpaired) electrons. The summed E-state index contributed by atoms with van der Waals surface area (Å²) in [6, 6.07) is 10.3. The highest BCUT2D eigenvalue weighted by molar-refractivity contribution is 6.31. The van der Waals surface area contributed by atoms with Gasteiger partial charge in [-0.1, -0.05) is 62.7 Å². The first kappa shape index (κ1) is 16.2. The number of hydrogen-bond acceptors (Lipinski definition) is 3. The molecule has 0 aliphatic heterocycles. The topological polar surface area (TPSA) is 59.1 Å². The zero-order valence-corrected chi connectivity index (χ0v) is 13.4. The Bertz CT molecular complexity index is 706. The van der Waals surface area contributed by atoms with Crippen LogP contribution in [0.3, 0.4) is 0 Å². The lowest BCUT2D eigenvalue weighted by atomic mass is 9.95. The van der Waals surface area contributed by atoms with Crippen molar-refractivity contribution in [3.8, 4) is 0 Å². The van der Waals surface area contributed by atoms with Crippen molar-refractivity contribution < 1.29 is 9.59 Å². The maximum Gasteiger partial charge on any atom is 0.230 e. The summed E-state index contributed by atoms with van der Waals surface area (Å²) in [6.45, 7) is 5.37.